The molecule has 1 aliphatic rings. The van der Waals surface area contributed by atoms with E-state index in [4.69, 9.17) is 4.84 Å². The first-order valence-electron chi connectivity index (χ1n) is 8.41. The molecule has 0 aromatic carbocycles. The topological polar surface area (TPSA) is 24.5 Å². The number of piperidine rings is 1. The molecule has 0 spiro atoms. The number of rotatable bonds is 7. The second-order valence-corrected chi connectivity index (χ2v) is 7.59. The molecule has 0 radical (unpaired) electrons. The third kappa shape index (κ3) is 4.44. The van der Waals surface area contributed by atoms with Gasteiger partial charge < -0.3 is 5.32 Å². The van der Waals surface area contributed by atoms with E-state index in [0.29, 0.717) is 12.1 Å². The van der Waals surface area contributed by atoms with Crippen LogP contribution in [0.1, 0.15) is 80.1 Å². The highest BCUT2D eigenvalue weighted by atomic mass is 16.7. The van der Waals surface area contributed by atoms with Gasteiger partial charge in [0.25, 0.3) is 0 Å². The fourth-order valence-corrected chi connectivity index (χ4v) is 3.67. The summed E-state index contributed by atoms with van der Waals surface area (Å²) in [4.78, 5) is 6.47. The molecule has 20 heavy (non-hydrogen) atoms. The van der Waals surface area contributed by atoms with Gasteiger partial charge >= 0.3 is 0 Å². The van der Waals surface area contributed by atoms with Gasteiger partial charge in [-0.3, -0.25) is 4.84 Å². The molecule has 0 bridgehead atoms. The van der Waals surface area contributed by atoms with Gasteiger partial charge in [0.05, 0.1) is 6.10 Å². The van der Waals surface area contributed by atoms with Crippen molar-refractivity contribution in [3.05, 3.63) is 0 Å². The summed E-state index contributed by atoms with van der Waals surface area (Å²) in [6.07, 6.45) is 7.40. The zero-order valence-electron chi connectivity index (χ0n) is 14.8. The normalized spacial score (nSPS) is 24.8. The monoisotopic (exact) mass is 284 g/mol. The average molecular weight is 284 g/mol. The third-order valence-electron chi connectivity index (χ3n) is 4.59. The van der Waals surface area contributed by atoms with E-state index in [-0.39, 0.29) is 11.1 Å². The Morgan fingerprint density at radius 3 is 2.10 bits per heavy atom. The predicted molar refractivity (Wildman–Crippen MR) is 86.8 cm³/mol. The molecule has 1 heterocycles. The number of hydrogen-bond acceptors (Lipinski definition) is 3. The Balaban J connectivity index is 2.79. The SMILES string of the molecule is CCCCC(CC)ON1C(C)(C)CC(NC)CC1(C)C. The molecule has 1 N–H and O–H groups in total. The standard InChI is InChI=1S/C17H36N2O/c1-8-10-11-15(9-2)20-19-16(3,4)12-14(18-7)13-17(19,5)6/h14-15,18H,8-13H2,1-7H3. The number of nitrogens with zero attached hydrogens (tertiary/aromatic N) is 1. The largest absolute Gasteiger partial charge is 0.317 e. The molecular formula is C17H36N2O. The molecular weight excluding hydrogens is 248 g/mol. The van der Waals surface area contributed by atoms with E-state index in [1.54, 1.807) is 0 Å². The highest BCUT2D eigenvalue weighted by molar-refractivity contribution is 4.99. The van der Waals surface area contributed by atoms with E-state index < -0.39 is 0 Å². The number of unbranched alkanes of at least 4 members (excludes halogenated alkanes) is 1. The van der Waals surface area contributed by atoms with Crippen LogP contribution in [0.3, 0.4) is 0 Å². The van der Waals surface area contributed by atoms with Crippen LogP contribution in [0.2, 0.25) is 0 Å². The van der Waals surface area contributed by atoms with Crippen LogP contribution in [0.5, 0.6) is 0 Å². The van der Waals surface area contributed by atoms with Gasteiger partial charge in [-0.05, 0) is 60.4 Å². The second-order valence-electron chi connectivity index (χ2n) is 7.59. The lowest BCUT2D eigenvalue weighted by molar-refractivity contribution is -0.308. The first kappa shape index (κ1) is 17.9. The summed E-state index contributed by atoms with van der Waals surface area (Å²) in [5.74, 6) is 0. The molecule has 0 aliphatic carbocycles. The van der Waals surface area contributed by atoms with Gasteiger partial charge in [0, 0.05) is 17.1 Å². The van der Waals surface area contributed by atoms with Crippen LogP contribution < -0.4 is 5.32 Å². The fourth-order valence-electron chi connectivity index (χ4n) is 3.67. The molecule has 3 heteroatoms. The number of hydrogen-bond donors (Lipinski definition) is 1. The van der Waals surface area contributed by atoms with Gasteiger partial charge in [0.2, 0.25) is 0 Å². The second kappa shape index (κ2) is 7.24. The van der Waals surface area contributed by atoms with Crippen molar-refractivity contribution in [2.24, 2.45) is 0 Å². The Bertz CT molecular complexity index is 271. The molecule has 120 valence electrons. The van der Waals surface area contributed by atoms with Gasteiger partial charge in [-0.1, -0.05) is 26.7 Å². The molecule has 1 unspecified atom stereocenters. The molecule has 1 fully saturated rings. The summed E-state index contributed by atoms with van der Waals surface area (Å²) < 4.78 is 0. The van der Waals surface area contributed by atoms with E-state index in [0.717, 1.165) is 19.3 Å². The van der Waals surface area contributed by atoms with Crippen molar-refractivity contribution in [1.29, 1.82) is 0 Å². The van der Waals surface area contributed by atoms with Crippen LogP contribution in [-0.4, -0.2) is 35.3 Å². The lowest BCUT2D eigenvalue weighted by Crippen LogP contribution is -2.64. The van der Waals surface area contributed by atoms with Gasteiger partial charge in [0.1, 0.15) is 0 Å². The predicted octanol–water partition coefficient (Wildman–Crippen LogP) is 4.13. The smallest absolute Gasteiger partial charge is 0.0791 e. The highest BCUT2D eigenvalue weighted by Crippen LogP contribution is 2.39. The zero-order chi connectivity index (χ0) is 15.4. The zero-order valence-corrected chi connectivity index (χ0v) is 14.8. The quantitative estimate of drug-likeness (QED) is 0.761. The minimum atomic E-state index is 0.0784. The Morgan fingerprint density at radius 1 is 1.15 bits per heavy atom. The van der Waals surface area contributed by atoms with Crippen molar-refractivity contribution < 1.29 is 4.84 Å². The summed E-state index contributed by atoms with van der Waals surface area (Å²) in [6.45, 7) is 13.7. The Hall–Kier alpha value is -0.120. The van der Waals surface area contributed by atoms with Gasteiger partial charge in [-0.25, -0.2) is 0 Å². The van der Waals surface area contributed by atoms with Gasteiger partial charge in [-0.2, -0.15) is 5.06 Å². The van der Waals surface area contributed by atoms with Crippen molar-refractivity contribution in [3.63, 3.8) is 0 Å². The van der Waals surface area contributed by atoms with Crippen molar-refractivity contribution in [2.75, 3.05) is 7.05 Å². The summed E-state index contributed by atoms with van der Waals surface area (Å²) in [5.41, 5.74) is 0.157. The van der Waals surface area contributed by atoms with Crippen LogP contribution >= 0.6 is 0 Å². The first-order valence-corrected chi connectivity index (χ1v) is 8.41. The van der Waals surface area contributed by atoms with E-state index in [1.807, 2.05) is 0 Å². The average Bonchev–Trinajstić information content (AvgIpc) is 2.35. The van der Waals surface area contributed by atoms with Gasteiger partial charge in [0.15, 0.2) is 0 Å². The lowest BCUT2D eigenvalue weighted by atomic mass is 9.79. The fraction of sp³-hybridized carbons (Fsp3) is 1.00. The van der Waals surface area contributed by atoms with E-state index in [1.165, 1.54) is 19.3 Å². The van der Waals surface area contributed by atoms with Gasteiger partial charge in [-0.15, -0.1) is 0 Å². The molecule has 0 aromatic heterocycles. The molecule has 1 saturated heterocycles. The Labute approximate surface area is 126 Å². The van der Waals surface area contributed by atoms with Crippen molar-refractivity contribution in [3.8, 4) is 0 Å². The molecule has 1 aliphatic heterocycles. The van der Waals surface area contributed by atoms with Crippen LogP contribution in [0.25, 0.3) is 0 Å². The van der Waals surface area contributed by atoms with Crippen molar-refractivity contribution >= 4 is 0 Å². The Morgan fingerprint density at radius 2 is 1.70 bits per heavy atom. The molecule has 1 rings (SSSR count). The third-order valence-corrected chi connectivity index (χ3v) is 4.59. The lowest BCUT2D eigenvalue weighted by Gasteiger charge is -2.54. The van der Waals surface area contributed by atoms with Crippen molar-refractivity contribution in [2.45, 2.75) is 103 Å². The number of nitrogens with one attached hydrogen (secondary N) is 1. The minimum Gasteiger partial charge on any atom is -0.317 e. The summed E-state index contributed by atoms with van der Waals surface area (Å²) in [5, 5.41) is 5.76. The van der Waals surface area contributed by atoms with Crippen LogP contribution in [-0.2, 0) is 4.84 Å². The maximum Gasteiger partial charge on any atom is 0.0791 e. The van der Waals surface area contributed by atoms with Crippen LogP contribution in [0, 0.1) is 0 Å². The maximum atomic E-state index is 6.47. The number of hydroxylamine groups is 2. The van der Waals surface area contributed by atoms with E-state index in [9.17, 15) is 0 Å². The molecule has 0 amide bonds. The molecule has 0 aromatic rings. The molecule has 0 saturated carbocycles. The van der Waals surface area contributed by atoms with Crippen LogP contribution in [0.15, 0.2) is 0 Å². The van der Waals surface area contributed by atoms with E-state index >= 15 is 0 Å². The summed E-state index contributed by atoms with van der Waals surface area (Å²) >= 11 is 0. The van der Waals surface area contributed by atoms with Crippen molar-refractivity contribution in [1.82, 2.24) is 10.4 Å². The highest BCUT2D eigenvalue weighted by Gasteiger charge is 2.46. The summed E-state index contributed by atoms with van der Waals surface area (Å²) in [7, 11) is 2.07. The minimum absolute atomic E-state index is 0.0784. The van der Waals surface area contributed by atoms with Crippen LogP contribution in [0.4, 0.5) is 0 Å². The Kier molecular flexibility index (Phi) is 6.49. The summed E-state index contributed by atoms with van der Waals surface area (Å²) in [6, 6.07) is 0.579. The molecule has 3 nitrogen and oxygen atoms in total. The van der Waals surface area contributed by atoms with E-state index in [2.05, 4.69) is 59.0 Å². The molecule has 1 atom stereocenters. The maximum absolute atomic E-state index is 6.47. The first-order chi connectivity index (χ1) is 9.26.